The van der Waals surface area contributed by atoms with E-state index in [4.69, 9.17) is 4.74 Å². The van der Waals surface area contributed by atoms with E-state index in [2.05, 4.69) is 15.6 Å². The number of halogens is 3. The van der Waals surface area contributed by atoms with Crippen LogP contribution < -0.4 is 10.6 Å². The minimum absolute atomic E-state index is 0.237. The average molecular weight is 321 g/mol. The van der Waals surface area contributed by atoms with Crippen LogP contribution in [0.4, 0.5) is 13.2 Å². The van der Waals surface area contributed by atoms with Gasteiger partial charge in [-0.15, -0.1) is 0 Å². The third-order valence-electron chi connectivity index (χ3n) is 4.61. The van der Waals surface area contributed by atoms with E-state index in [0.29, 0.717) is 31.3 Å². The van der Waals surface area contributed by atoms with E-state index in [1.807, 2.05) is 0 Å². The first kappa shape index (κ1) is 17.4. The summed E-state index contributed by atoms with van der Waals surface area (Å²) >= 11 is 0. The van der Waals surface area contributed by atoms with Crippen LogP contribution in [0.25, 0.3) is 0 Å². The fraction of sp³-hybridized carbons (Fsp3) is 0.933. The zero-order chi connectivity index (χ0) is 16.0. The molecule has 0 aromatic rings. The smallest absolute Gasteiger partial charge is 0.376 e. The van der Waals surface area contributed by atoms with Crippen LogP contribution in [0.3, 0.4) is 0 Å². The van der Waals surface area contributed by atoms with Gasteiger partial charge >= 0.3 is 6.18 Å². The largest absolute Gasteiger partial charge is 0.391 e. The quantitative estimate of drug-likeness (QED) is 0.618. The number of nitrogens with one attached hydrogen (secondary N) is 2. The molecule has 1 saturated carbocycles. The highest BCUT2D eigenvalue weighted by Crippen LogP contribution is 2.39. The average Bonchev–Trinajstić information content (AvgIpc) is 3.00. The summed E-state index contributed by atoms with van der Waals surface area (Å²) in [6.07, 6.45) is 0.111. The molecule has 1 aliphatic carbocycles. The van der Waals surface area contributed by atoms with Gasteiger partial charge in [0.1, 0.15) is 0 Å². The van der Waals surface area contributed by atoms with E-state index in [-0.39, 0.29) is 18.9 Å². The lowest BCUT2D eigenvalue weighted by atomic mass is 9.81. The summed E-state index contributed by atoms with van der Waals surface area (Å²) in [6, 6.07) is 0. The van der Waals surface area contributed by atoms with E-state index >= 15 is 0 Å². The van der Waals surface area contributed by atoms with Crippen molar-refractivity contribution in [2.45, 2.75) is 50.8 Å². The number of nitrogens with zero attached hydrogens (tertiary/aromatic N) is 1. The van der Waals surface area contributed by atoms with Gasteiger partial charge in [0.05, 0.1) is 12.0 Å². The maximum Gasteiger partial charge on any atom is 0.391 e. The molecule has 2 fully saturated rings. The Balaban J connectivity index is 1.64. The number of aliphatic imine (C=N–C) groups is 1. The van der Waals surface area contributed by atoms with Gasteiger partial charge in [0.15, 0.2) is 5.96 Å². The van der Waals surface area contributed by atoms with Crippen molar-refractivity contribution >= 4 is 5.96 Å². The predicted molar refractivity (Wildman–Crippen MR) is 79.8 cm³/mol. The Bertz CT molecular complexity index is 360. The fourth-order valence-electron chi connectivity index (χ4n) is 3.17. The van der Waals surface area contributed by atoms with Crippen molar-refractivity contribution in [2.24, 2.45) is 16.8 Å². The van der Waals surface area contributed by atoms with E-state index in [9.17, 15) is 13.2 Å². The first-order valence-electron chi connectivity index (χ1n) is 8.12. The van der Waals surface area contributed by atoms with Crippen molar-refractivity contribution in [2.75, 3.05) is 26.7 Å². The minimum atomic E-state index is -4.03. The molecule has 7 heteroatoms. The van der Waals surface area contributed by atoms with Gasteiger partial charge < -0.3 is 15.4 Å². The highest BCUT2D eigenvalue weighted by atomic mass is 19.4. The molecule has 2 rings (SSSR count). The molecule has 0 amide bonds. The number of ether oxygens (including phenoxy) is 1. The van der Waals surface area contributed by atoms with Crippen molar-refractivity contribution in [3.05, 3.63) is 0 Å². The molecule has 1 unspecified atom stereocenters. The number of alkyl halides is 3. The summed E-state index contributed by atoms with van der Waals surface area (Å²) in [7, 11) is 1.70. The predicted octanol–water partition coefficient (Wildman–Crippen LogP) is 2.70. The van der Waals surface area contributed by atoms with Crippen LogP contribution in [0, 0.1) is 11.8 Å². The first-order chi connectivity index (χ1) is 10.5. The maximum atomic E-state index is 12.6. The molecular formula is C15H26F3N3O. The Morgan fingerprint density at radius 1 is 1.09 bits per heavy atom. The Morgan fingerprint density at radius 2 is 1.77 bits per heavy atom. The normalized spacial score (nSPS) is 30.4. The number of guanidine groups is 1. The maximum absolute atomic E-state index is 12.6. The zero-order valence-electron chi connectivity index (χ0n) is 13.1. The third-order valence-corrected chi connectivity index (χ3v) is 4.61. The number of hydrogen-bond acceptors (Lipinski definition) is 2. The van der Waals surface area contributed by atoms with E-state index in [0.717, 1.165) is 26.0 Å². The second-order valence-electron chi connectivity index (χ2n) is 6.23. The molecule has 2 aliphatic rings. The lowest BCUT2D eigenvalue weighted by Crippen LogP contribution is -2.43. The van der Waals surface area contributed by atoms with Crippen LogP contribution in [0.1, 0.15) is 38.5 Å². The van der Waals surface area contributed by atoms with E-state index in [1.165, 1.54) is 0 Å². The highest BCUT2D eigenvalue weighted by Gasteiger charge is 2.41. The van der Waals surface area contributed by atoms with Gasteiger partial charge in [-0.3, -0.25) is 4.99 Å². The molecule has 1 atom stereocenters. The van der Waals surface area contributed by atoms with Gasteiger partial charge in [-0.2, -0.15) is 13.2 Å². The van der Waals surface area contributed by atoms with Gasteiger partial charge in [-0.1, -0.05) is 0 Å². The fourth-order valence-corrected chi connectivity index (χ4v) is 3.17. The van der Waals surface area contributed by atoms with Crippen LogP contribution in [0.15, 0.2) is 4.99 Å². The summed E-state index contributed by atoms with van der Waals surface area (Å²) in [6.45, 7) is 2.22. The third kappa shape index (κ3) is 5.34. The summed E-state index contributed by atoms with van der Waals surface area (Å²) in [5.74, 6) is -0.117. The van der Waals surface area contributed by atoms with Crippen LogP contribution in [0.2, 0.25) is 0 Å². The van der Waals surface area contributed by atoms with E-state index in [1.54, 1.807) is 7.05 Å². The van der Waals surface area contributed by atoms with Crippen molar-refractivity contribution in [3.63, 3.8) is 0 Å². The summed E-state index contributed by atoms with van der Waals surface area (Å²) in [5.41, 5.74) is 0. The molecule has 1 heterocycles. The minimum Gasteiger partial charge on any atom is -0.376 e. The molecule has 0 radical (unpaired) electrons. The standard InChI is InChI=1S/C15H26F3N3O/c1-19-14(21-10-13-3-2-8-22-13)20-9-11-4-6-12(7-5-11)15(16,17)18/h11-13H,2-10H2,1H3,(H2,19,20,21). The molecule has 0 bridgehead atoms. The second kappa shape index (κ2) is 8.04. The van der Waals surface area contributed by atoms with Gasteiger partial charge in [-0.05, 0) is 44.4 Å². The van der Waals surface area contributed by atoms with Gasteiger partial charge in [0.25, 0.3) is 0 Å². The van der Waals surface area contributed by atoms with Crippen LogP contribution in [-0.4, -0.2) is 45.0 Å². The Hall–Kier alpha value is -0.980. The highest BCUT2D eigenvalue weighted by molar-refractivity contribution is 5.79. The van der Waals surface area contributed by atoms with Crippen molar-refractivity contribution in [1.82, 2.24) is 10.6 Å². The van der Waals surface area contributed by atoms with Crippen molar-refractivity contribution in [3.8, 4) is 0 Å². The SMILES string of the molecule is CN=C(NCC1CCC(C(F)(F)F)CC1)NCC1CCCO1. The summed E-state index contributed by atoms with van der Waals surface area (Å²) in [4.78, 5) is 4.15. The molecule has 0 aromatic heterocycles. The Labute approximate surface area is 129 Å². The molecule has 0 spiro atoms. The Kier molecular flexibility index (Phi) is 6.35. The number of rotatable bonds is 4. The molecule has 2 N–H and O–H groups in total. The molecule has 4 nitrogen and oxygen atoms in total. The summed E-state index contributed by atoms with van der Waals surface area (Å²) < 4.78 is 43.4. The molecule has 1 aliphatic heterocycles. The molecule has 128 valence electrons. The van der Waals surface area contributed by atoms with Crippen LogP contribution in [-0.2, 0) is 4.74 Å². The molecular weight excluding hydrogens is 295 g/mol. The topological polar surface area (TPSA) is 45.7 Å². The first-order valence-corrected chi connectivity index (χ1v) is 8.12. The molecule has 22 heavy (non-hydrogen) atoms. The van der Waals surface area contributed by atoms with Crippen molar-refractivity contribution < 1.29 is 17.9 Å². The van der Waals surface area contributed by atoms with Gasteiger partial charge in [0, 0.05) is 26.7 Å². The lowest BCUT2D eigenvalue weighted by Gasteiger charge is -2.30. The van der Waals surface area contributed by atoms with Gasteiger partial charge in [-0.25, -0.2) is 0 Å². The second-order valence-corrected chi connectivity index (χ2v) is 6.23. The van der Waals surface area contributed by atoms with Crippen molar-refractivity contribution in [1.29, 1.82) is 0 Å². The molecule has 0 aromatic carbocycles. The Morgan fingerprint density at radius 3 is 2.32 bits per heavy atom. The summed E-state index contributed by atoms with van der Waals surface area (Å²) in [5, 5.41) is 6.44. The van der Waals surface area contributed by atoms with Crippen LogP contribution in [0.5, 0.6) is 0 Å². The van der Waals surface area contributed by atoms with E-state index < -0.39 is 12.1 Å². The number of hydrogen-bond donors (Lipinski definition) is 2. The lowest BCUT2D eigenvalue weighted by molar-refractivity contribution is -0.183. The van der Waals surface area contributed by atoms with Gasteiger partial charge in [0.2, 0.25) is 0 Å². The molecule has 1 saturated heterocycles. The van der Waals surface area contributed by atoms with Crippen LogP contribution >= 0.6 is 0 Å². The zero-order valence-corrected chi connectivity index (χ0v) is 13.1. The monoisotopic (exact) mass is 321 g/mol.